The lowest BCUT2D eigenvalue weighted by atomic mass is 10.0. The van der Waals surface area contributed by atoms with Crippen LogP contribution in [0.15, 0.2) is 59.7 Å². The average molecular weight is 379 g/mol. The summed E-state index contributed by atoms with van der Waals surface area (Å²) in [5.41, 5.74) is 5.38. The van der Waals surface area contributed by atoms with Gasteiger partial charge in [-0.3, -0.25) is 14.5 Å². The molecule has 0 saturated heterocycles. The summed E-state index contributed by atoms with van der Waals surface area (Å²) in [5.74, 6) is 0.964. The fourth-order valence-electron chi connectivity index (χ4n) is 3.59. The molecule has 0 fully saturated rings. The van der Waals surface area contributed by atoms with Gasteiger partial charge in [0.2, 0.25) is 0 Å². The SMILES string of the molecule is CCN(CC)Cc1cnc2n1-c1ccc(Cl)cc1C(c1ccccc1)=NC2. The molecule has 2 heterocycles. The Morgan fingerprint density at radius 1 is 1.07 bits per heavy atom. The molecule has 0 bridgehead atoms. The van der Waals surface area contributed by atoms with E-state index < -0.39 is 0 Å². The third-order valence-corrected chi connectivity index (χ3v) is 5.30. The maximum atomic E-state index is 6.36. The van der Waals surface area contributed by atoms with E-state index in [2.05, 4.69) is 46.5 Å². The first-order valence-corrected chi connectivity index (χ1v) is 9.77. The molecular weight excluding hydrogens is 356 g/mol. The molecule has 4 nitrogen and oxygen atoms in total. The summed E-state index contributed by atoms with van der Waals surface area (Å²) in [4.78, 5) is 12.0. The van der Waals surface area contributed by atoms with Crippen molar-refractivity contribution in [1.82, 2.24) is 14.5 Å². The van der Waals surface area contributed by atoms with Crippen molar-refractivity contribution in [2.75, 3.05) is 13.1 Å². The molecule has 2 aromatic carbocycles. The highest BCUT2D eigenvalue weighted by atomic mass is 35.5. The Morgan fingerprint density at radius 3 is 2.59 bits per heavy atom. The number of imidazole rings is 1. The first kappa shape index (κ1) is 18.0. The third kappa shape index (κ3) is 3.43. The van der Waals surface area contributed by atoms with Crippen molar-refractivity contribution < 1.29 is 0 Å². The summed E-state index contributed by atoms with van der Waals surface area (Å²) in [6.07, 6.45) is 1.98. The Kier molecular flexibility index (Phi) is 5.10. The van der Waals surface area contributed by atoms with E-state index >= 15 is 0 Å². The lowest BCUT2D eigenvalue weighted by Gasteiger charge is -2.20. The van der Waals surface area contributed by atoms with Crippen LogP contribution in [0.4, 0.5) is 0 Å². The van der Waals surface area contributed by atoms with Gasteiger partial charge in [0.05, 0.1) is 29.8 Å². The standard InChI is InChI=1S/C22H23ClN4/c1-3-26(4-2)15-18-13-24-21-14-25-22(16-8-6-5-7-9-16)19-12-17(23)10-11-20(19)27(18)21/h5-13H,3-4,14-15H2,1-2H3. The highest BCUT2D eigenvalue weighted by Gasteiger charge is 2.22. The number of hydrogen-bond donors (Lipinski definition) is 0. The number of rotatable bonds is 5. The first-order valence-electron chi connectivity index (χ1n) is 9.39. The van der Waals surface area contributed by atoms with Crippen LogP contribution in [-0.4, -0.2) is 33.3 Å². The van der Waals surface area contributed by atoms with E-state index in [9.17, 15) is 0 Å². The highest BCUT2D eigenvalue weighted by Crippen LogP contribution is 2.29. The van der Waals surface area contributed by atoms with Crippen LogP contribution >= 0.6 is 11.6 Å². The molecule has 138 valence electrons. The topological polar surface area (TPSA) is 33.4 Å². The molecule has 0 aliphatic carbocycles. The Balaban J connectivity index is 1.87. The molecule has 0 radical (unpaired) electrons. The van der Waals surface area contributed by atoms with E-state index in [-0.39, 0.29) is 0 Å². The van der Waals surface area contributed by atoms with Crippen molar-refractivity contribution in [3.05, 3.63) is 82.4 Å². The summed E-state index contributed by atoms with van der Waals surface area (Å²) in [6.45, 7) is 7.81. The normalized spacial score (nSPS) is 13.1. The van der Waals surface area contributed by atoms with Gasteiger partial charge in [0.25, 0.3) is 0 Å². The van der Waals surface area contributed by atoms with Gasteiger partial charge in [-0.1, -0.05) is 55.8 Å². The number of nitrogens with zero attached hydrogens (tertiary/aromatic N) is 4. The fourth-order valence-corrected chi connectivity index (χ4v) is 3.77. The number of benzene rings is 2. The second kappa shape index (κ2) is 7.67. The maximum absolute atomic E-state index is 6.36. The number of aromatic nitrogens is 2. The largest absolute Gasteiger partial charge is 0.298 e. The zero-order valence-corrected chi connectivity index (χ0v) is 16.4. The van der Waals surface area contributed by atoms with E-state index in [1.807, 2.05) is 36.5 Å². The molecule has 1 aliphatic rings. The molecule has 27 heavy (non-hydrogen) atoms. The van der Waals surface area contributed by atoms with Crippen molar-refractivity contribution in [2.45, 2.75) is 26.9 Å². The predicted octanol–water partition coefficient (Wildman–Crippen LogP) is 4.72. The van der Waals surface area contributed by atoms with Crippen LogP contribution in [0, 0.1) is 0 Å². The average Bonchev–Trinajstić information content (AvgIpc) is 3.02. The van der Waals surface area contributed by atoms with E-state index in [1.54, 1.807) is 0 Å². The fraction of sp³-hybridized carbons (Fsp3) is 0.273. The quantitative estimate of drug-likeness (QED) is 0.643. The van der Waals surface area contributed by atoms with Crippen LogP contribution in [0.1, 0.15) is 36.5 Å². The molecule has 4 rings (SSSR count). The molecular formula is C22H23ClN4. The van der Waals surface area contributed by atoms with Crippen molar-refractivity contribution in [3.8, 4) is 5.69 Å². The van der Waals surface area contributed by atoms with E-state index in [0.29, 0.717) is 11.6 Å². The van der Waals surface area contributed by atoms with Crippen molar-refractivity contribution in [3.63, 3.8) is 0 Å². The van der Waals surface area contributed by atoms with Gasteiger partial charge < -0.3 is 0 Å². The molecule has 0 amide bonds. The second-order valence-electron chi connectivity index (χ2n) is 6.65. The summed E-state index contributed by atoms with van der Waals surface area (Å²) >= 11 is 6.36. The summed E-state index contributed by atoms with van der Waals surface area (Å²) < 4.78 is 2.25. The van der Waals surface area contributed by atoms with Crippen molar-refractivity contribution in [1.29, 1.82) is 0 Å². The minimum Gasteiger partial charge on any atom is -0.298 e. The van der Waals surface area contributed by atoms with E-state index in [0.717, 1.165) is 48.0 Å². The zero-order valence-electron chi connectivity index (χ0n) is 15.7. The van der Waals surface area contributed by atoms with Crippen LogP contribution in [0.2, 0.25) is 5.02 Å². The molecule has 1 aromatic heterocycles. The maximum Gasteiger partial charge on any atom is 0.135 e. The smallest absolute Gasteiger partial charge is 0.135 e. The monoisotopic (exact) mass is 378 g/mol. The summed E-state index contributed by atoms with van der Waals surface area (Å²) in [6, 6.07) is 16.3. The Bertz CT molecular complexity index is 971. The highest BCUT2D eigenvalue weighted by molar-refractivity contribution is 6.31. The van der Waals surface area contributed by atoms with Gasteiger partial charge in [-0.05, 0) is 31.3 Å². The molecule has 3 aromatic rings. The number of aliphatic imine (C=N–C) groups is 1. The first-order chi connectivity index (χ1) is 13.2. The zero-order chi connectivity index (χ0) is 18.8. The lowest BCUT2D eigenvalue weighted by molar-refractivity contribution is 0.290. The minimum absolute atomic E-state index is 0.550. The molecule has 1 aliphatic heterocycles. The van der Waals surface area contributed by atoms with Crippen LogP contribution in [-0.2, 0) is 13.1 Å². The molecule has 0 saturated carbocycles. The lowest BCUT2D eigenvalue weighted by Crippen LogP contribution is -2.24. The van der Waals surface area contributed by atoms with Crippen LogP contribution in [0.3, 0.4) is 0 Å². The van der Waals surface area contributed by atoms with Gasteiger partial charge >= 0.3 is 0 Å². The van der Waals surface area contributed by atoms with Crippen LogP contribution < -0.4 is 0 Å². The molecule has 0 unspecified atom stereocenters. The van der Waals surface area contributed by atoms with Gasteiger partial charge in [-0.15, -0.1) is 0 Å². The van der Waals surface area contributed by atoms with Gasteiger partial charge in [-0.25, -0.2) is 4.98 Å². The van der Waals surface area contributed by atoms with Crippen LogP contribution in [0.5, 0.6) is 0 Å². The van der Waals surface area contributed by atoms with Gasteiger partial charge in [0, 0.05) is 22.7 Å². The Morgan fingerprint density at radius 2 is 1.85 bits per heavy atom. The minimum atomic E-state index is 0.550. The van der Waals surface area contributed by atoms with Gasteiger partial charge in [0.15, 0.2) is 0 Å². The van der Waals surface area contributed by atoms with Gasteiger partial charge in [-0.2, -0.15) is 0 Å². The second-order valence-corrected chi connectivity index (χ2v) is 7.09. The number of hydrogen-bond acceptors (Lipinski definition) is 3. The molecule has 0 N–H and O–H groups in total. The van der Waals surface area contributed by atoms with E-state index in [1.165, 1.54) is 5.69 Å². The predicted molar refractivity (Wildman–Crippen MR) is 111 cm³/mol. The molecule has 5 heteroatoms. The summed E-state index contributed by atoms with van der Waals surface area (Å²) in [7, 11) is 0. The Hall–Kier alpha value is -2.43. The Labute approximate surface area is 165 Å². The van der Waals surface area contributed by atoms with E-state index in [4.69, 9.17) is 16.6 Å². The van der Waals surface area contributed by atoms with Crippen molar-refractivity contribution >= 4 is 17.3 Å². The van der Waals surface area contributed by atoms with Crippen LogP contribution in [0.25, 0.3) is 5.69 Å². The van der Waals surface area contributed by atoms with Gasteiger partial charge in [0.1, 0.15) is 5.82 Å². The third-order valence-electron chi connectivity index (χ3n) is 5.07. The molecule has 0 spiro atoms. The van der Waals surface area contributed by atoms with Crippen molar-refractivity contribution in [2.24, 2.45) is 4.99 Å². The number of halogens is 1. The summed E-state index contributed by atoms with van der Waals surface area (Å²) in [5, 5.41) is 0.714. The number of fused-ring (bicyclic) bond motifs is 3. The molecule has 0 atom stereocenters.